The molecule has 1 saturated carbocycles. The van der Waals surface area contributed by atoms with Gasteiger partial charge in [-0.1, -0.05) is 42.5 Å². The van der Waals surface area contributed by atoms with Crippen molar-refractivity contribution < 1.29 is 0 Å². The van der Waals surface area contributed by atoms with E-state index < -0.39 is 0 Å². The summed E-state index contributed by atoms with van der Waals surface area (Å²) in [5.74, 6) is 5.95. The lowest BCUT2D eigenvalue weighted by Gasteiger charge is -2.54. The first-order valence-corrected chi connectivity index (χ1v) is 13.5. The van der Waals surface area contributed by atoms with Gasteiger partial charge in [-0.15, -0.1) is 0 Å². The van der Waals surface area contributed by atoms with Crippen molar-refractivity contribution in [3.05, 3.63) is 70.3 Å². The van der Waals surface area contributed by atoms with Crippen molar-refractivity contribution in [3.63, 3.8) is 0 Å². The maximum atomic E-state index is 3.91. The molecule has 0 aromatic heterocycles. The first-order valence-electron chi connectivity index (χ1n) is 13.5. The van der Waals surface area contributed by atoms with Gasteiger partial charge in [-0.2, -0.15) is 0 Å². The summed E-state index contributed by atoms with van der Waals surface area (Å²) in [4.78, 5) is 2.78. The van der Waals surface area contributed by atoms with E-state index in [9.17, 15) is 0 Å². The molecule has 4 aliphatic carbocycles. The molecule has 2 aromatic rings. The van der Waals surface area contributed by atoms with E-state index in [0.717, 1.165) is 36.1 Å². The van der Waals surface area contributed by atoms with Crippen molar-refractivity contribution in [3.8, 4) is 0 Å². The first-order chi connectivity index (χ1) is 15.8. The Morgan fingerprint density at radius 3 is 2.41 bits per heavy atom. The molecule has 0 amide bonds. The molecule has 11 rings (SSSR count). The average Bonchev–Trinajstić information content (AvgIpc) is 2.90. The normalized spacial score (nSPS) is 43.2. The molecule has 5 fully saturated rings. The van der Waals surface area contributed by atoms with Crippen LogP contribution in [-0.2, 0) is 0 Å². The number of hydrogen-bond acceptors (Lipinski definition) is 2. The van der Waals surface area contributed by atoms with Crippen LogP contribution in [0.3, 0.4) is 0 Å². The molecule has 6 bridgehead atoms. The second-order valence-corrected chi connectivity index (χ2v) is 12.0. The van der Waals surface area contributed by atoms with Crippen LogP contribution in [0.25, 0.3) is 0 Å². The quantitative estimate of drug-likeness (QED) is 0.643. The zero-order chi connectivity index (χ0) is 20.8. The number of hydrogen-bond donors (Lipinski definition) is 1. The lowest BCUT2D eigenvalue weighted by atomic mass is 9.55. The van der Waals surface area contributed by atoms with Gasteiger partial charge in [0.05, 0.1) is 0 Å². The molecule has 5 aliphatic heterocycles. The highest BCUT2D eigenvalue weighted by molar-refractivity contribution is 5.47. The number of benzene rings is 2. The molecule has 32 heavy (non-hydrogen) atoms. The number of nitrogens with one attached hydrogen (secondary N) is 1. The van der Waals surface area contributed by atoms with Crippen molar-refractivity contribution in [1.82, 2.24) is 10.2 Å². The Kier molecular flexibility index (Phi) is 4.06. The number of rotatable bonds is 2. The summed E-state index contributed by atoms with van der Waals surface area (Å²) in [7, 11) is 0. The maximum Gasteiger partial charge on any atom is 0.0392 e. The van der Waals surface area contributed by atoms with Gasteiger partial charge < -0.3 is 10.2 Å². The van der Waals surface area contributed by atoms with E-state index in [2.05, 4.69) is 52.7 Å². The molecule has 1 N–H and O–H groups in total. The molecule has 2 nitrogen and oxygen atoms in total. The van der Waals surface area contributed by atoms with Crippen molar-refractivity contribution in [2.24, 2.45) is 17.8 Å². The maximum absolute atomic E-state index is 3.91. The minimum atomic E-state index is 0.507. The summed E-state index contributed by atoms with van der Waals surface area (Å²) in [5.41, 5.74) is 8.33. The van der Waals surface area contributed by atoms with Gasteiger partial charge in [0.15, 0.2) is 0 Å². The van der Waals surface area contributed by atoms with Gasteiger partial charge >= 0.3 is 0 Å². The fourth-order valence-corrected chi connectivity index (χ4v) is 9.36. The zero-order valence-corrected chi connectivity index (χ0v) is 19.2. The smallest absolute Gasteiger partial charge is 0.0392 e. The fourth-order valence-electron chi connectivity index (χ4n) is 9.36. The molecule has 2 aromatic carbocycles. The Labute approximate surface area is 192 Å². The van der Waals surface area contributed by atoms with Gasteiger partial charge in [-0.3, -0.25) is 0 Å². The number of piperidine rings is 4. The average molecular weight is 425 g/mol. The summed E-state index contributed by atoms with van der Waals surface area (Å²) in [6.07, 6.45) is 8.65. The second kappa shape index (κ2) is 6.93. The second-order valence-electron chi connectivity index (χ2n) is 12.0. The summed E-state index contributed by atoms with van der Waals surface area (Å²) in [6.45, 7) is 5.32. The molecule has 5 heterocycles. The standard InChI is InChI=1S/C30H36N2/c1-2-4-25-22(3-1)21-15-26(30(25)31-16-21)20-5-7-23-19-6-8-24(27(23)14-20)28(13-19)29-17-32-11-9-18(29)10-12-32/h1-5,7,14,18-19,21,24,26,28-31H,6,8-13,15-17H2. The Balaban J connectivity index is 1.15. The zero-order valence-electron chi connectivity index (χ0n) is 19.2. The van der Waals surface area contributed by atoms with E-state index in [-0.39, 0.29) is 0 Å². The van der Waals surface area contributed by atoms with E-state index in [1.807, 2.05) is 0 Å². The van der Waals surface area contributed by atoms with Crippen molar-refractivity contribution >= 4 is 0 Å². The van der Waals surface area contributed by atoms with Gasteiger partial charge in [0.25, 0.3) is 0 Å². The Morgan fingerprint density at radius 2 is 1.56 bits per heavy atom. The highest BCUT2D eigenvalue weighted by Gasteiger charge is 2.48. The third kappa shape index (κ3) is 2.60. The lowest BCUT2D eigenvalue weighted by Crippen LogP contribution is -2.52. The molecule has 0 radical (unpaired) electrons. The molecule has 7 unspecified atom stereocenters. The third-order valence-corrected chi connectivity index (χ3v) is 10.8. The topological polar surface area (TPSA) is 15.3 Å². The fraction of sp³-hybridized carbons (Fsp3) is 0.600. The molecule has 166 valence electrons. The highest BCUT2D eigenvalue weighted by Crippen LogP contribution is 2.58. The predicted octanol–water partition coefficient (Wildman–Crippen LogP) is 5.92. The third-order valence-electron chi connectivity index (χ3n) is 10.8. The Morgan fingerprint density at radius 1 is 0.719 bits per heavy atom. The van der Waals surface area contributed by atoms with Crippen LogP contribution < -0.4 is 5.32 Å². The van der Waals surface area contributed by atoms with Crippen LogP contribution in [-0.4, -0.2) is 31.1 Å². The molecular formula is C30H36N2. The minimum Gasteiger partial charge on any atom is -0.309 e. The molecule has 0 spiro atoms. The highest BCUT2D eigenvalue weighted by atomic mass is 15.1. The first kappa shape index (κ1) is 18.7. The molecule has 4 saturated heterocycles. The molecule has 7 atom stereocenters. The minimum absolute atomic E-state index is 0.507. The van der Waals surface area contributed by atoms with Gasteiger partial charge in [-0.05, 0) is 115 Å². The van der Waals surface area contributed by atoms with E-state index in [4.69, 9.17) is 0 Å². The van der Waals surface area contributed by atoms with Gasteiger partial charge in [0.2, 0.25) is 0 Å². The van der Waals surface area contributed by atoms with E-state index in [1.165, 1.54) is 58.2 Å². The van der Waals surface area contributed by atoms with E-state index in [0.29, 0.717) is 17.9 Å². The van der Waals surface area contributed by atoms with E-state index >= 15 is 0 Å². The Bertz CT molecular complexity index is 1050. The molecule has 9 aliphatic rings. The van der Waals surface area contributed by atoms with Crippen LogP contribution in [0.4, 0.5) is 0 Å². The summed E-state index contributed by atoms with van der Waals surface area (Å²) in [6, 6.07) is 17.6. The predicted molar refractivity (Wildman–Crippen MR) is 129 cm³/mol. The van der Waals surface area contributed by atoms with Crippen LogP contribution in [0.5, 0.6) is 0 Å². The summed E-state index contributed by atoms with van der Waals surface area (Å²) in [5, 5.41) is 3.91. The summed E-state index contributed by atoms with van der Waals surface area (Å²) < 4.78 is 0. The van der Waals surface area contributed by atoms with Crippen LogP contribution in [0.1, 0.15) is 96.1 Å². The number of fused-ring (bicyclic) bond motifs is 8. The monoisotopic (exact) mass is 424 g/mol. The SMILES string of the molecule is c1ccc2c(c1)C1CNC2C(c2ccc3c(c2)C2CCC3CC2C2CN3CCC2CC3)C1. The van der Waals surface area contributed by atoms with Crippen LogP contribution in [0.15, 0.2) is 42.5 Å². The van der Waals surface area contributed by atoms with Gasteiger partial charge in [0, 0.05) is 25.0 Å². The lowest BCUT2D eigenvalue weighted by molar-refractivity contribution is -0.00387. The van der Waals surface area contributed by atoms with Crippen LogP contribution in [0.2, 0.25) is 0 Å². The van der Waals surface area contributed by atoms with E-state index in [1.54, 1.807) is 27.8 Å². The largest absolute Gasteiger partial charge is 0.309 e. The van der Waals surface area contributed by atoms with Crippen LogP contribution >= 0.6 is 0 Å². The number of nitrogens with zero attached hydrogens (tertiary/aromatic N) is 1. The van der Waals surface area contributed by atoms with Crippen molar-refractivity contribution in [2.75, 3.05) is 26.2 Å². The summed E-state index contributed by atoms with van der Waals surface area (Å²) >= 11 is 0. The van der Waals surface area contributed by atoms with Gasteiger partial charge in [-0.25, -0.2) is 0 Å². The Hall–Kier alpha value is -1.64. The molecular weight excluding hydrogens is 388 g/mol. The van der Waals surface area contributed by atoms with Gasteiger partial charge in [0.1, 0.15) is 0 Å². The van der Waals surface area contributed by atoms with Crippen molar-refractivity contribution in [1.29, 1.82) is 0 Å². The van der Waals surface area contributed by atoms with Crippen LogP contribution in [0, 0.1) is 17.8 Å². The van der Waals surface area contributed by atoms with Crippen molar-refractivity contribution in [2.45, 2.75) is 68.2 Å². The molecule has 2 heteroatoms.